The predicted molar refractivity (Wildman–Crippen MR) is 81.2 cm³/mol. The summed E-state index contributed by atoms with van der Waals surface area (Å²) in [7, 11) is 1.64. The Bertz CT molecular complexity index is 481. The van der Waals surface area contributed by atoms with Crippen LogP contribution in [-0.4, -0.2) is 32.1 Å². The van der Waals surface area contributed by atoms with Gasteiger partial charge in [0.05, 0.1) is 0 Å². The third kappa shape index (κ3) is 4.56. The van der Waals surface area contributed by atoms with Gasteiger partial charge in [-0.1, -0.05) is 6.42 Å². The number of amides is 2. The molecule has 1 aliphatic carbocycles. The maximum absolute atomic E-state index is 11.9. The fraction of sp³-hybridized carbons (Fsp3) is 0.500. The summed E-state index contributed by atoms with van der Waals surface area (Å²) in [6.07, 6.45) is 3.89. The first-order chi connectivity index (χ1) is 10.2. The maximum Gasteiger partial charge on any atom is 0.251 e. The minimum absolute atomic E-state index is 0.0815. The zero-order valence-electron chi connectivity index (χ0n) is 12.4. The maximum atomic E-state index is 11.9. The van der Waals surface area contributed by atoms with E-state index in [4.69, 9.17) is 4.74 Å². The number of rotatable bonds is 7. The van der Waals surface area contributed by atoms with E-state index in [0.717, 1.165) is 31.4 Å². The second-order valence-electron chi connectivity index (χ2n) is 5.30. The molecule has 0 aliphatic heterocycles. The van der Waals surface area contributed by atoms with Gasteiger partial charge in [0.1, 0.15) is 0 Å². The van der Waals surface area contributed by atoms with Crippen molar-refractivity contribution in [3.05, 3.63) is 29.8 Å². The van der Waals surface area contributed by atoms with Crippen LogP contribution in [0.1, 0.15) is 36.0 Å². The van der Waals surface area contributed by atoms with E-state index in [-0.39, 0.29) is 17.7 Å². The topological polar surface area (TPSA) is 67.4 Å². The van der Waals surface area contributed by atoms with Crippen molar-refractivity contribution in [2.24, 2.45) is 5.92 Å². The number of benzene rings is 1. The smallest absolute Gasteiger partial charge is 0.251 e. The molecule has 0 heterocycles. The molecular weight excluding hydrogens is 268 g/mol. The van der Waals surface area contributed by atoms with Crippen LogP contribution < -0.4 is 10.6 Å². The van der Waals surface area contributed by atoms with Crippen LogP contribution in [0, 0.1) is 5.92 Å². The first kappa shape index (κ1) is 15.5. The average molecular weight is 290 g/mol. The number of hydrogen-bond donors (Lipinski definition) is 2. The Morgan fingerprint density at radius 1 is 1.24 bits per heavy atom. The molecule has 1 aliphatic rings. The molecule has 0 spiro atoms. The average Bonchev–Trinajstić information content (AvgIpc) is 2.42. The molecule has 0 saturated heterocycles. The molecule has 1 aromatic carbocycles. The Balaban J connectivity index is 1.80. The molecule has 2 N–H and O–H groups in total. The molecule has 0 unspecified atom stereocenters. The summed E-state index contributed by atoms with van der Waals surface area (Å²) in [6.45, 7) is 1.22. The van der Waals surface area contributed by atoms with Crippen molar-refractivity contribution in [3.63, 3.8) is 0 Å². The molecule has 5 nitrogen and oxygen atoms in total. The highest BCUT2D eigenvalue weighted by atomic mass is 16.5. The fourth-order valence-electron chi connectivity index (χ4n) is 2.14. The van der Waals surface area contributed by atoms with E-state index in [2.05, 4.69) is 10.6 Å². The van der Waals surface area contributed by atoms with E-state index in [0.29, 0.717) is 18.7 Å². The number of ether oxygens (including phenoxy) is 1. The summed E-state index contributed by atoms with van der Waals surface area (Å²) < 4.78 is 4.92. The lowest BCUT2D eigenvalue weighted by atomic mass is 9.85. The standard InChI is InChI=1S/C16H22N2O3/c1-21-11-3-10-17-15(19)13-6-8-14(9-7-13)18-16(20)12-4-2-5-12/h6-9,12H,2-5,10-11H2,1H3,(H,17,19)(H,18,20). The summed E-state index contributed by atoms with van der Waals surface area (Å²) in [5, 5.41) is 5.71. The van der Waals surface area contributed by atoms with Gasteiger partial charge in [-0.25, -0.2) is 0 Å². The van der Waals surface area contributed by atoms with Crippen molar-refractivity contribution in [1.82, 2.24) is 5.32 Å². The van der Waals surface area contributed by atoms with E-state index < -0.39 is 0 Å². The molecule has 1 saturated carbocycles. The lowest BCUT2D eigenvalue weighted by Gasteiger charge is -2.24. The van der Waals surface area contributed by atoms with E-state index >= 15 is 0 Å². The fourth-order valence-corrected chi connectivity index (χ4v) is 2.14. The van der Waals surface area contributed by atoms with Crippen molar-refractivity contribution >= 4 is 17.5 Å². The molecule has 0 bridgehead atoms. The van der Waals surface area contributed by atoms with Gasteiger partial charge in [-0.15, -0.1) is 0 Å². The van der Waals surface area contributed by atoms with E-state index in [1.807, 2.05) is 0 Å². The molecule has 114 valence electrons. The van der Waals surface area contributed by atoms with Gasteiger partial charge in [-0.05, 0) is 43.5 Å². The number of methoxy groups -OCH3 is 1. The Labute approximate surface area is 125 Å². The summed E-state index contributed by atoms with van der Waals surface area (Å²) in [4.78, 5) is 23.7. The number of hydrogen-bond acceptors (Lipinski definition) is 3. The van der Waals surface area contributed by atoms with E-state index in [9.17, 15) is 9.59 Å². The molecule has 0 atom stereocenters. The highest BCUT2D eigenvalue weighted by Crippen LogP contribution is 2.27. The molecule has 21 heavy (non-hydrogen) atoms. The van der Waals surface area contributed by atoms with Crippen LogP contribution >= 0.6 is 0 Å². The molecule has 0 radical (unpaired) electrons. The second kappa shape index (κ2) is 7.78. The minimum Gasteiger partial charge on any atom is -0.385 e. The quantitative estimate of drug-likeness (QED) is 0.756. The molecular formula is C16H22N2O3. The molecule has 2 rings (SSSR count). The molecule has 1 fully saturated rings. The van der Waals surface area contributed by atoms with Gasteiger partial charge in [-0.2, -0.15) is 0 Å². The van der Waals surface area contributed by atoms with Gasteiger partial charge in [-0.3, -0.25) is 9.59 Å². The number of anilines is 1. The Kier molecular flexibility index (Phi) is 5.75. The van der Waals surface area contributed by atoms with Gasteiger partial charge >= 0.3 is 0 Å². The Morgan fingerprint density at radius 3 is 2.52 bits per heavy atom. The number of carbonyl (C=O) groups is 2. The van der Waals surface area contributed by atoms with Crippen LogP contribution in [-0.2, 0) is 9.53 Å². The van der Waals surface area contributed by atoms with Gasteiger partial charge < -0.3 is 15.4 Å². The van der Waals surface area contributed by atoms with Crippen LogP contribution in [0.5, 0.6) is 0 Å². The van der Waals surface area contributed by atoms with Crippen LogP contribution in [0.3, 0.4) is 0 Å². The Hall–Kier alpha value is -1.88. The zero-order valence-corrected chi connectivity index (χ0v) is 12.4. The van der Waals surface area contributed by atoms with Crippen LogP contribution in [0.4, 0.5) is 5.69 Å². The van der Waals surface area contributed by atoms with E-state index in [1.165, 1.54) is 0 Å². The van der Waals surface area contributed by atoms with Gasteiger partial charge in [0, 0.05) is 37.4 Å². The van der Waals surface area contributed by atoms with Crippen molar-refractivity contribution in [2.75, 3.05) is 25.6 Å². The highest BCUT2D eigenvalue weighted by molar-refractivity contribution is 5.96. The summed E-state index contributed by atoms with van der Waals surface area (Å²) in [5.41, 5.74) is 1.33. The number of carbonyl (C=O) groups excluding carboxylic acids is 2. The number of nitrogens with one attached hydrogen (secondary N) is 2. The van der Waals surface area contributed by atoms with Crippen molar-refractivity contribution in [3.8, 4) is 0 Å². The lowest BCUT2D eigenvalue weighted by molar-refractivity contribution is -0.122. The predicted octanol–water partition coefficient (Wildman–Crippen LogP) is 2.19. The monoisotopic (exact) mass is 290 g/mol. The lowest BCUT2D eigenvalue weighted by Crippen LogP contribution is -2.28. The third-order valence-corrected chi connectivity index (χ3v) is 3.70. The first-order valence-electron chi connectivity index (χ1n) is 7.39. The molecule has 1 aromatic rings. The van der Waals surface area contributed by atoms with Crippen molar-refractivity contribution in [1.29, 1.82) is 0 Å². The second-order valence-corrected chi connectivity index (χ2v) is 5.30. The van der Waals surface area contributed by atoms with Gasteiger partial charge in [0.2, 0.25) is 5.91 Å². The molecule has 2 amide bonds. The van der Waals surface area contributed by atoms with Crippen molar-refractivity contribution in [2.45, 2.75) is 25.7 Å². The third-order valence-electron chi connectivity index (χ3n) is 3.70. The van der Waals surface area contributed by atoms with Gasteiger partial charge in [0.15, 0.2) is 0 Å². The molecule has 5 heteroatoms. The largest absolute Gasteiger partial charge is 0.385 e. The van der Waals surface area contributed by atoms with Crippen LogP contribution in [0.2, 0.25) is 0 Å². The van der Waals surface area contributed by atoms with E-state index in [1.54, 1.807) is 31.4 Å². The minimum atomic E-state index is -0.108. The zero-order chi connectivity index (χ0) is 15.1. The summed E-state index contributed by atoms with van der Waals surface area (Å²) in [5.74, 6) is 0.134. The van der Waals surface area contributed by atoms with Crippen LogP contribution in [0.15, 0.2) is 24.3 Å². The summed E-state index contributed by atoms with van der Waals surface area (Å²) >= 11 is 0. The Morgan fingerprint density at radius 2 is 1.95 bits per heavy atom. The highest BCUT2D eigenvalue weighted by Gasteiger charge is 2.25. The van der Waals surface area contributed by atoms with Gasteiger partial charge in [0.25, 0.3) is 5.91 Å². The normalized spacial score (nSPS) is 14.3. The SMILES string of the molecule is COCCCNC(=O)c1ccc(NC(=O)C2CCC2)cc1. The van der Waals surface area contributed by atoms with Crippen molar-refractivity contribution < 1.29 is 14.3 Å². The first-order valence-corrected chi connectivity index (χ1v) is 7.39. The summed E-state index contributed by atoms with van der Waals surface area (Å²) in [6, 6.07) is 6.98. The molecule has 0 aromatic heterocycles. The van der Waals surface area contributed by atoms with Crippen LogP contribution in [0.25, 0.3) is 0 Å².